The summed E-state index contributed by atoms with van der Waals surface area (Å²) in [5, 5.41) is 0. The van der Waals surface area contributed by atoms with Crippen molar-refractivity contribution in [1.82, 2.24) is 0 Å². The lowest BCUT2D eigenvalue weighted by Crippen LogP contribution is -1.30. The molecule has 0 radical (unpaired) electrons. The van der Waals surface area contributed by atoms with Crippen LogP contribution in [0, 0.1) is 18.5 Å². The van der Waals surface area contributed by atoms with E-state index >= 15 is 0 Å². The van der Waals surface area contributed by atoms with Gasteiger partial charge in [-0.2, -0.15) is 4.85 Å². The summed E-state index contributed by atoms with van der Waals surface area (Å²) in [7, 11) is 0. The zero-order chi connectivity index (χ0) is 4.12. The van der Waals surface area contributed by atoms with Gasteiger partial charge in [0.25, 0.3) is 0 Å². The van der Waals surface area contributed by atoms with Crippen LogP contribution in [0.5, 0.6) is 0 Å². The molecule has 0 aliphatic heterocycles. The largest absolute Gasteiger partial charge is 0.194 e. The molecule has 1 heteroatoms. The Bertz CT molecular complexity index is 97.0. The van der Waals surface area contributed by atoms with Gasteiger partial charge in [0.15, 0.2) is 0 Å². The molecule has 0 aromatic carbocycles. The first-order valence-corrected chi connectivity index (χ1v) is 1.20. The van der Waals surface area contributed by atoms with E-state index in [1.165, 1.54) is 0 Å². The maximum atomic E-state index is 6.05. The molecular weight excluding hydrogens is 62.1 g/mol. The second kappa shape index (κ2) is 3.05. The van der Waals surface area contributed by atoms with Crippen molar-refractivity contribution in [1.29, 1.82) is 0 Å². The molecule has 0 aliphatic carbocycles. The van der Waals surface area contributed by atoms with Crippen LogP contribution in [-0.2, 0) is 0 Å². The molecule has 0 heterocycles. The van der Waals surface area contributed by atoms with E-state index in [1.807, 2.05) is 0 Å². The molecule has 0 spiro atoms. The molecule has 0 fully saturated rings. The quantitative estimate of drug-likeness (QED) is 0.291. The highest BCUT2D eigenvalue weighted by Gasteiger charge is 1.36. The van der Waals surface area contributed by atoms with Crippen LogP contribution in [0.15, 0.2) is 0 Å². The Balaban J connectivity index is 3.30. The lowest BCUT2D eigenvalue weighted by molar-refractivity contribution is 1.91. The van der Waals surface area contributed by atoms with Gasteiger partial charge in [-0.15, -0.1) is 5.92 Å². The van der Waals surface area contributed by atoms with Crippen LogP contribution >= 0.6 is 0 Å². The third-order valence-corrected chi connectivity index (χ3v) is 0.168. The van der Waals surface area contributed by atoms with Crippen molar-refractivity contribution in [2.24, 2.45) is 0 Å². The number of rotatable bonds is 0. The molecule has 0 N–H and O–H groups in total. The molecule has 1 nitrogen and oxygen atoms in total. The van der Waals surface area contributed by atoms with Crippen LogP contribution in [0.3, 0.4) is 0 Å². The van der Waals surface area contributed by atoms with E-state index in [0.717, 1.165) is 0 Å². The predicted molar refractivity (Wildman–Crippen MR) is 20.1 cm³/mol. The molecule has 0 aromatic rings. The van der Waals surface area contributed by atoms with Gasteiger partial charge in [-0.05, 0) is 6.92 Å². The Morgan fingerprint density at radius 1 is 1.80 bits per heavy atom. The molecule has 0 saturated heterocycles. The van der Waals surface area contributed by atoms with Gasteiger partial charge in [-0.1, -0.05) is 0 Å². The Kier molecular flexibility index (Phi) is 2.47. The minimum atomic E-state index is 1.64. The second-order valence-corrected chi connectivity index (χ2v) is 0.474. The van der Waals surface area contributed by atoms with Crippen molar-refractivity contribution in [3.63, 3.8) is 0 Å². The zero-order valence-corrected chi connectivity index (χ0v) is 2.95. The number of hydrogen-bond donors (Lipinski definition) is 0. The first-order chi connectivity index (χ1) is 2.41. The maximum Gasteiger partial charge on any atom is 0.132 e. The Morgan fingerprint density at radius 2 is 2.40 bits per heavy atom. The molecule has 0 atom stereocenters. The van der Waals surface area contributed by atoms with Crippen molar-refractivity contribution >= 4 is 0 Å². The van der Waals surface area contributed by atoms with E-state index in [1.54, 1.807) is 6.92 Å². The van der Waals surface area contributed by atoms with Crippen LogP contribution in [0.1, 0.15) is 6.92 Å². The van der Waals surface area contributed by atoms with Gasteiger partial charge in [0, 0.05) is 0 Å². The summed E-state index contributed by atoms with van der Waals surface area (Å²) < 4.78 is 0. The van der Waals surface area contributed by atoms with Crippen LogP contribution in [0.2, 0.25) is 0 Å². The van der Waals surface area contributed by atoms with E-state index in [-0.39, 0.29) is 0 Å². The smallest absolute Gasteiger partial charge is 0.132 e. The Hall–Kier alpha value is -0.950. The average molecular weight is 65.1 g/mol. The van der Waals surface area contributed by atoms with Crippen molar-refractivity contribution in [2.75, 3.05) is 0 Å². The van der Waals surface area contributed by atoms with E-state index in [0.29, 0.717) is 0 Å². The van der Waals surface area contributed by atoms with Crippen LogP contribution in [0.4, 0.5) is 0 Å². The second-order valence-electron chi connectivity index (χ2n) is 0.474. The van der Waals surface area contributed by atoms with Gasteiger partial charge in [0.05, 0.1) is 0 Å². The minimum Gasteiger partial charge on any atom is -0.194 e. The molecule has 0 bridgehead atoms. The average Bonchev–Trinajstić information content (AvgIpc) is 1.41. The van der Waals surface area contributed by atoms with Crippen molar-refractivity contribution in [2.45, 2.75) is 6.92 Å². The van der Waals surface area contributed by atoms with Crippen LogP contribution < -0.4 is 0 Å². The fourth-order valence-corrected chi connectivity index (χ4v) is 0.0559. The zero-order valence-electron chi connectivity index (χ0n) is 2.95. The van der Waals surface area contributed by atoms with Gasteiger partial charge in [0.2, 0.25) is 0 Å². The van der Waals surface area contributed by atoms with E-state index in [9.17, 15) is 0 Å². The lowest BCUT2D eigenvalue weighted by atomic mass is 10.8. The molecule has 0 saturated carbocycles. The summed E-state index contributed by atoms with van der Waals surface area (Å²) in [6.07, 6.45) is 0. The topological polar surface area (TPSA) is 4.36 Å². The van der Waals surface area contributed by atoms with Crippen molar-refractivity contribution in [3.05, 3.63) is 11.4 Å². The predicted octanol–water partition coefficient (Wildman–Crippen LogP) is 0.886. The Morgan fingerprint density at radius 3 is 2.40 bits per heavy atom. The summed E-state index contributed by atoms with van der Waals surface area (Å²) >= 11 is 0. The van der Waals surface area contributed by atoms with Crippen molar-refractivity contribution in [3.8, 4) is 12.0 Å². The molecular formula is C4H3N. The monoisotopic (exact) mass is 65.0 g/mol. The summed E-state index contributed by atoms with van der Waals surface area (Å²) in [6.45, 7) is 7.69. The normalized spacial score (nSPS) is 3.20. The lowest BCUT2D eigenvalue weighted by Gasteiger charge is -1.43. The fraction of sp³-hybridized carbons (Fsp3) is 0.250. The first kappa shape index (κ1) is 4.05. The van der Waals surface area contributed by atoms with Gasteiger partial charge in [0.1, 0.15) is 12.6 Å². The first-order valence-electron chi connectivity index (χ1n) is 1.20. The molecule has 0 aromatic heterocycles. The van der Waals surface area contributed by atoms with Gasteiger partial charge < -0.3 is 0 Å². The molecule has 0 rings (SSSR count). The molecule has 5 heavy (non-hydrogen) atoms. The third-order valence-electron chi connectivity index (χ3n) is 0.168. The van der Waals surface area contributed by atoms with Crippen LogP contribution in [-0.4, -0.2) is 0 Å². The maximum absolute atomic E-state index is 6.05. The summed E-state index contributed by atoms with van der Waals surface area (Å²) in [4.78, 5) is 2.74. The molecule has 0 aliphatic rings. The Labute approximate surface area is 31.4 Å². The summed E-state index contributed by atoms with van der Waals surface area (Å²) in [5.74, 6) is 2.41. The van der Waals surface area contributed by atoms with E-state index in [2.05, 4.69) is 16.8 Å². The van der Waals surface area contributed by atoms with Gasteiger partial charge >= 0.3 is 0 Å². The standard InChI is InChI=1S/C4H3N/c1-3-4-5-2/h1H3. The molecule has 24 valence electrons. The van der Waals surface area contributed by atoms with Crippen LogP contribution in [0.25, 0.3) is 4.85 Å². The molecule has 0 amide bonds. The summed E-state index contributed by atoms with van der Waals surface area (Å²) in [6, 6.07) is 2.15. The van der Waals surface area contributed by atoms with Gasteiger partial charge in [-0.3, -0.25) is 0 Å². The van der Waals surface area contributed by atoms with E-state index in [4.69, 9.17) is 6.57 Å². The highest BCUT2D eigenvalue weighted by Crippen LogP contribution is 1.49. The van der Waals surface area contributed by atoms with Gasteiger partial charge in [-0.25, -0.2) is 0 Å². The number of hydrogen-bond acceptors (Lipinski definition) is 0. The minimum absolute atomic E-state index is 1.64. The highest BCUT2D eigenvalue weighted by atomic mass is 14.6. The van der Waals surface area contributed by atoms with Crippen molar-refractivity contribution < 1.29 is 0 Å². The molecule has 0 unspecified atom stereocenters. The SMILES string of the molecule is [C-]#[N+]C#CC. The highest BCUT2D eigenvalue weighted by molar-refractivity contribution is 5.02. The number of nitrogens with zero attached hydrogens (tertiary/aromatic N) is 1. The fourth-order valence-electron chi connectivity index (χ4n) is 0.0559. The van der Waals surface area contributed by atoms with E-state index < -0.39 is 0 Å². The third kappa shape index (κ3) is 3.05. The summed E-state index contributed by atoms with van der Waals surface area (Å²) in [5.41, 5.74) is 0.